The van der Waals surface area contributed by atoms with Crippen LogP contribution >= 0.6 is 11.8 Å². The van der Waals surface area contributed by atoms with Crippen molar-refractivity contribution in [3.8, 4) is 5.75 Å². The Morgan fingerprint density at radius 1 is 1.20 bits per heavy atom. The van der Waals surface area contributed by atoms with Crippen molar-refractivity contribution in [3.63, 3.8) is 0 Å². The molecule has 0 saturated carbocycles. The van der Waals surface area contributed by atoms with Crippen LogP contribution in [-0.2, 0) is 0 Å². The third kappa shape index (κ3) is 1.79. The van der Waals surface area contributed by atoms with Crippen LogP contribution in [0.3, 0.4) is 0 Å². The highest BCUT2D eigenvalue weighted by atomic mass is 32.2. The minimum absolute atomic E-state index is 0.651. The second-order valence-corrected chi connectivity index (χ2v) is 6.39. The van der Waals surface area contributed by atoms with Crippen LogP contribution in [-0.4, -0.2) is 12.4 Å². The molecule has 1 nitrogen and oxygen atoms in total. The molecule has 20 heavy (non-hydrogen) atoms. The molecule has 4 rings (SSSR count). The SMILES string of the molecule is COc1cccc2ccc(C3=CSC4C=CCC34)cc12. The highest BCUT2D eigenvalue weighted by Crippen LogP contribution is 2.47. The number of allylic oxidation sites excluding steroid dienone is 2. The lowest BCUT2D eigenvalue weighted by Crippen LogP contribution is -2.06. The second kappa shape index (κ2) is 4.71. The minimum Gasteiger partial charge on any atom is -0.496 e. The van der Waals surface area contributed by atoms with E-state index in [0.717, 1.165) is 5.75 Å². The van der Waals surface area contributed by atoms with E-state index in [-0.39, 0.29) is 0 Å². The maximum Gasteiger partial charge on any atom is 0.126 e. The summed E-state index contributed by atoms with van der Waals surface area (Å²) >= 11 is 1.95. The fourth-order valence-electron chi connectivity index (χ4n) is 3.19. The molecule has 2 heteroatoms. The zero-order valence-corrected chi connectivity index (χ0v) is 12.2. The average Bonchev–Trinajstić information content (AvgIpc) is 3.09. The van der Waals surface area contributed by atoms with E-state index in [4.69, 9.17) is 4.74 Å². The van der Waals surface area contributed by atoms with Gasteiger partial charge in [0, 0.05) is 16.6 Å². The smallest absolute Gasteiger partial charge is 0.126 e. The summed E-state index contributed by atoms with van der Waals surface area (Å²) in [5.74, 6) is 1.61. The van der Waals surface area contributed by atoms with Crippen molar-refractivity contribution in [2.75, 3.05) is 7.11 Å². The quantitative estimate of drug-likeness (QED) is 0.725. The van der Waals surface area contributed by atoms with E-state index >= 15 is 0 Å². The molecule has 0 radical (unpaired) electrons. The predicted octanol–water partition coefficient (Wildman–Crippen LogP) is 4.88. The van der Waals surface area contributed by atoms with E-state index < -0.39 is 0 Å². The van der Waals surface area contributed by atoms with Gasteiger partial charge in [0.25, 0.3) is 0 Å². The molecule has 2 atom stereocenters. The summed E-state index contributed by atoms with van der Waals surface area (Å²) in [5, 5.41) is 5.43. The van der Waals surface area contributed by atoms with Gasteiger partial charge in [-0.25, -0.2) is 0 Å². The molecule has 1 aliphatic heterocycles. The van der Waals surface area contributed by atoms with Gasteiger partial charge in [0.15, 0.2) is 0 Å². The first-order valence-electron chi connectivity index (χ1n) is 6.96. The van der Waals surface area contributed by atoms with Crippen LogP contribution in [0.5, 0.6) is 5.75 Å². The van der Waals surface area contributed by atoms with Crippen LogP contribution in [0.4, 0.5) is 0 Å². The molecule has 2 aliphatic rings. The van der Waals surface area contributed by atoms with Crippen molar-refractivity contribution in [1.82, 2.24) is 0 Å². The van der Waals surface area contributed by atoms with Crippen LogP contribution in [0, 0.1) is 5.92 Å². The van der Waals surface area contributed by atoms with Gasteiger partial charge < -0.3 is 4.74 Å². The average molecular weight is 280 g/mol. The van der Waals surface area contributed by atoms with E-state index in [1.807, 2.05) is 23.9 Å². The van der Waals surface area contributed by atoms with Crippen LogP contribution in [0.1, 0.15) is 12.0 Å². The van der Waals surface area contributed by atoms with Crippen molar-refractivity contribution in [1.29, 1.82) is 0 Å². The number of thioether (sulfide) groups is 1. The normalized spacial score (nSPS) is 23.9. The van der Waals surface area contributed by atoms with E-state index in [1.165, 1.54) is 28.3 Å². The van der Waals surface area contributed by atoms with Crippen molar-refractivity contribution in [2.45, 2.75) is 11.7 Å². The first-order chi connectivity index (χ1) is 9.86. The van der Waals surface area contributed by atoms with E-state index in [2.05, 4.69) is 41.8 Å². The molecule has 2 unspecified atom stereocenters. The van der Waals surface area contributed by atoms with Gasteiger partial charge in [0.2, 0.25) is 0 Å². The number of hydrogen-bond donors (Lipinski definition) is 0. The molecule has 1 heterocycles. The van der Waals surface area contributed by atoms with E-state index in [0.29, 0.717) is 11.2 Å². The van der Waals surface area contributed by atoms with Crippen LogP contribution < -0.4 is 4.74 Å². The van der Waals surface area contributed by atoms with Crippen LogP contribution in [0.2, 0.25) is 0 Å². The Balaban J connectivity index is 1.81. The Hall–Kier alpha value is -1.67. The second-order valence-electron chi connectivity index (χ2n) is 5.34. The molecule has 0 N–H and O–H groups in total. The standard InChI is InChI=1S/C18H16OS/c1-19-17-6-2-4-12-8-9-13(10-15(12)17)16-11-20-18-7-3-5-14(16)18/h2-4,6-11,14,18H,5H2,1H3. The van der Waals surface area contributed by atoms with Crippen molar-refractivity contribution >= 4 is 28.1 Å². The summed E-state index contributed by atoms with van der Waals surface area (Å²) < 4.78 is 5.49. The topological polar surface area (TPSA) is 9.23 Å². The van der Waals surface area contributed by atoms with Crippen molar-refractivity contribution in [3.05, 3.63) is 59.5 Å². The first-order valence-corrected chi connectivity index (χ1v) is 7.90. The molecule has 2 aromatic rings. The third-order valence-corrected chi connectivity index (χ3v) is 5.45. The number of rotatable bonds is 2. The molecule has 1 aliphatic carbocycles. The van der Waals surface area contributed by atoms with E-state index in [9.17, 15) is 0 Å². The molecule has 0 bridgehead atoms. The third-order valence-electron chi connectivity index (χ3n) is 4.26. The molecular weight excluding hydrogens is 264 g/mol. The van der Waals surface area contributed by atoms with Gasteiger partial charge in [-0.2, -0.15) is 0 Å². The molecule has 0 saturated heterocycles. The van der Waals surface area contributed by atoms with Gasteiger partial charge in [0.05, 0.1) is 7.11 Å². The Morgan fingerprint density at radius 3 is 3.05 bits per heavy atom. The Bertz CT molecular complexity index is 729. The lowest BCUT2D eigenvalue weighted by Gasteiger charge is -2.15. The molecule has 0 aromatic heterocycles. The highest BCUT2D eigenvalue weighted by Gasteiger charge is 2.31. The summed E-state index contributed by atoms with van der Waals surface area (Å²) in [5.41, 5.74) is 2.82. The van der Waals surface area contributed by atoms with Gasteiger partial charge in [0.1, 0.15) is 5.75 Å². The monoisotopic (exact) mass is 280 g/mol. The zero-order valence-electron chi connectivity index (χ0n) is 11.4. The maximum absolute atomic E-state index is 5.49. The zero-order chi connectivity index (χ0) is 13.5. The Kier molecular flexibility index (Phi) is 2.85. The number of methoxy groups -OCH3 is 1. The van der Waals surface area contributed by atoms with Gasteiger partial charge >= 0.3 is 0 Å². The number of fused-ring (bicyclic) bond motifs is 2. The summed E-state index contributed by atoms with van der Waals surface area (Å²) in [6, 6.07) is 12.9. The van der Waals surface area contributed by atoms with E-state index in [1.54, 1.807) is 7.11 Å². The highest BCUT2D eigenvalue weighted by molar-refractivity contribution is 8.03. The van der Waals surface area contributed by atoms with Crippen molar-refractivity contribution in [2.24, 2.45) is 5.92 Å². The summed E-state index contributed by atoms with van der Waals surface area (Å²) in [4.78, 5) is 0. The summed E-state index contributed by atoms with van der Waals surface area (Å²) in [6.07, 6.45) is 5.84. The molecule has 0 spiro atoms. The summed E-state index contributed by atoms with van der Waals surface area (Å²) in [7, 11) is 1.74. The Morgan fingerprint density at radius 2 is 2.15 bits per heavy atom. The Labute approximate surface area is 123 Å². The van der Waals surface area contributed by atoms with Gasteiger partial charge in [-0.3, -0.25) is 0 Å². The fraction of sp³-hybridized carbons (Fsp3) is 0.222. The molecule has 100 valence electrons. The number of hydrogen-bond acceptors (Lipinski definition) is 2. The molecule has 2 aromatic carbocycles. The largest absolute Gasteiger partial charge is 0.496 e. The van der Waals surface area contributed by atoms with Gasteiger partial charge in [-0.1, -0.05) is 36.4 Å². The summed E-state index contributed by atoms with van der Waals surface area (Å²) in [6.45, 7) is 0. The molecule has 0 fully saturated rings. The maximum atomic E-state index is 5.49. The van der Waals surface area contributed by atoms with Gasteiger partial charge in [-0.15, -0.1) is 11.8 Å². The number of ether oxygens (including phenoxy) is 1. The van der Waals surface area contributed by atoms with Crippen molar-refractivity contribution < 1.29 is 4.74 Å². The van der Waals surface area contributed by atoms with Crippen LogP contribution in [0.25, 0.3) is 16.3 Å². The number of benzene rings is 2. The minimum atomic E-state index is 0.651. The lowest BCUT2D eigenvalue weighted by molar-refractivity contribution is 0.420. The fourth-order valence-corrected chi connectivity index (χ4v) is 4.46. The molecule has 0 amide bonds. The lowest BCUT2D eigenvalue weighted by atomic mass is 9.90. The first kappa shape index (κ1) is 12.1. The predicted molar refractivity (Wildman–Crippen MR) is 87.1 cm³/mol. The molecular formula is C18H16OS. The van der Waals surface area contributed by atoms with Crippen LogP contribution in [0.15, 0.2) is 54.0 Å². The van der Waals surface area contributed by atoms with Gasteiger partial charge in [-0.05, 0) is 40.5 Å².